The molecule has 0 aliphatic carbocycles. The van der Waals surface area contributed by atoms with Gasteiger partial charge in [-0.1, -0.05) is 25.2 Å². The molecule has 0 aromatic carbocycles. The van der Waals surface area contributed by atoms with E-state index >= 15 is 0 Å². The lowest BCUT2D eigenvalue weighted by Crippen LogP contribution is -2.40. The normalized spacial score (nSPS) is 22.9. The zero-order valence-corrected chi connectivity index (χ0v) is 11.8. The monoisotopic (exact) mass is 271 g/mol. The van der Waals surface area contributed by atoms with Gasteiger partial charge in [0.05, 0.1) is 11.5 Å². The second-order valence-corrected chi connectivity index (χ2v) is 6.70. The van der Waals surface area contributed by atoms with Crippen LogP contribution in [0.1, 0.15) is 26.7 Å². The van der Waals surface area contributed by atoms with Gasteiger partial charge in [0.25, 0.3) is 0 Å². The Kier molecular flexibility index (Phi) is 5.59. The van der Waals surface area contributed by atoms with E-state index in [0.717, 1.165) is 6.42 Å². The first-order valence-corrected chi connectivity index (χ1v) is 8.12. The highest BCUT2D eigenvalue weighted by atomic mass is 32.2. The van der Waals surface area contributed by atoms with Crippen LogP contribution in [0.5, 0.6) is 0 Å². The SMILES string of the molecule is C/C=C/C=C/C(=O)N(CCC)[C@@H]1CCS(=O)(=O)C1. The molecule has 1 heterocycles. The molecular weight excluding hydrogens is 250 g/mol. The number of hydrogen-bond donors (Lipinski definition) is 0. The van der Waals surface area contributed by atoms with Crippen molar-refractivity contribution >= 4 is 15.7 Å². The van der Waals surface area contributed by atoms with Crippen molar-refractivity contribution in [3.05, 3.63) is 24.3 Å². The maximum Gasteiger partial charge on any atom is 0.246 e. The van der Waals surface area contributed by atoms with Gasteiger partial charge in [0.15, 0.2) is 9.84 Å². The van der Waals surface area contributed by atoms with Crippen LogP contribution in [-0.2, 0) is 14.6 Å². The molecule has 5 heteroatoms. The van der Waals surface area contributed by atoms with Crippen molar-refractivity contribution in [2.24, 2.45) is 0 Å². The first kappa shape index (κ1) is 15.0. The van der Waals surface area contributed by atoms with Crippen LogP contribution in [0.2, 0.25) is 0 Å². The fraction of sp³-hybridized carbons (Fsp3) is 0.615. The third kappa shape index (κ3) is 4.29. The van der Waals surface area contributed by atoms with Crippen LogP contribution in [0, 0.1) is 0 Å². The summed E-state index contributed by atoms with van der Waals surface area (Å²) in [5.74, 6) is 0.206. The molecule has 1 aliphatic heterocycles. The Bertz CT molecular complexity index is 437. The second kappa shape index (κ2) is 6.73. The number of nitrogens with zero attached hydrogens (tertiary/aromatic N) is 1. The molecule has 1 rings (SSSR count). The van der Waals surface area contributed by atoms with Crippen LogP contribution in [-0.4, -0.2) is 43.3 Å². The van der Waals surface area contributed by atoms with E-state index in [9.17, 15) is 13.2 Å². The Morgan fingerprint density at radius 2 is 2.11 bits per heavy atom. The average molecular weight is 271 g/mol. The van der Waals surface area contributed by atoms with E-state index in [4.69, 9.17) is 0 Å². The molecule has 0 saturated carbocycles. The molecule has 1 aliphatic rings. The largest absolute Gasteiger partial charge is 0.335 e. The molecule has 102 valence electrons. The molecule has 0 aromatic heterocycles. The lowest BCUT2D eigenvalue weighted by molar-refractivity contribution is -0.127. The first-order chi connectivity index (χ1) is 8.50. The summed E-state index contributed by atoms with van der Waals surface area (Å²) in [4.78, 5) is 13.7. The van der Waals surface area contributed by atoms with Gasteiger partial charge in [0.1, 0.15) is 0 Å². The summed E-state index contributed by atoms with van der Waals surface area (Å²) >= 11 is 0. The van der Waals surface area contributed by atoms with E-state index < -0.39 is 9.84 Å². The Balaban J connectivity index is 2.73. The third-order valence-corrected chi connectivity index (χ3v) is 4.69. The topological polar surface area (TPSA) is 54.5 Å². The predicted molar refractivity (Wildman–Crippen MR) is 73.0 cm³/mol. The molecule has 0 bridgehead atoms. The molecule has 1 saturated heterocycles. The molecular formula is C13H21NO3S. The minimum atomic E-state index is -2.95. The van der Waals surface area contributed by atoms with Crippen LogP contribution in [0.15, 0.2) is 24.3 Å². The Hall–Kier alpha value is -1.10. The van der Waals surface area contributed by atoms with Gasteiger partial charge in [-0.25, -0.2) is 8.42 Å². The maximum atomic E-state index is 12.0. The van der Waals surface area contributed by atoms with Crippen LogP contribution >= 0.6 is 0 Å². The zero-order valence-electron chi connectivity index (χ0n) is 11.0. The fourth-order valence-corrected chi connectivity index (χ4v) is 3.81. The highest BCUT2D eigenvalue weighted by molar-refractivity contribution is 7.91. The zero-order chi connectivity index (χ0) is 13.6. The van der Waals surface area contributed by atoms with E-state index in [1.54, 1.807) is 17.1 Å². The van der Waals surface area contributed by atoms with Crippen LogP contribution < -0.4 is 0 Å². The van der Waals surface area contributed by atoms with Gasteiger partial charge >= 0.3 is 0 Å². The average Bonchev–Trinajstić information content (AvgIpc) is 2.66. The van der Waals surface area contributed by atoms with E-state index in [-0.39, 0.29) is 23.5 Å². The number of sulfone groups is 1. The molecule has 0 spiro atoms. The summed E-state index contributed by atoms with van der Waals surface area (Å²) in [6.07, 6.45) is 8.21. The van der Waals surface area contributed by atoms with Crippen LogP contribution in [0.25, 0.3) is 0 Å². The molecule has 0 N–H and O–H groups in total. The minimum Gasteiger partial charge on any atom is -0.335 e. The number of carbonyl (C=O) groups excluding carboxylic acids is 1. The molecule has 1 fully saturated rings. The second-order valence-electron chi connectivity index (χ2n) is 4.47. The fourth-order valence-electron chi connectivity index (χ4n) is 2.08. The van der Waals surface area contributed by atoms with Crippen molar-refractivity contribution in [1.29, 1.82) is 0 Å². The summed E-state index contributed by atoms with van der Waals surface area (Å²) in [5, 5.41) is 0. The summed E-state index contributed by atoms with van der Waals surface area (Å²) in [5.41, 5.74) is 0. The van der Waals surface area contributed by atoms with Gasteiger partial charge in [-0.15, -0.1) is 0 Å². The highest BCUT2D eigenvalue weighted by Crippen LogP contribution is 2.18. The van der Waals surface area contributed by atoms with Crippen molar-refractivity contribution in [2.45, 2.75) is 32.7 Å². The van der Waals surface area contributed by atoms with Gasteiger partial charge in [-0.3, -0.25) is 4.79 Å². The lowest BCUT2D eigenvalue weighted by Gasteiger charge is -2.26. The van der Waals surface area contributed by atoms with Crippen LogP contribution in [0.4, 0.5) is 0 Å². The Labute approximate surface area is 109 Å². The Morgan fingerprint density at radius 3 is 2.61 bits per heavy atom. The van der Waals surface area contributed by atoms with Crippen LogP contribution in [0.3, 0.4) is 0 Å². The van der Waals surface area contributed by atoms with Gasteiger partial charge in [-0.2, -0.15) is 0 Å². The van der Waals surface area contributed by atoms with Gasteiger partial charge in [0, 0.05) is 18.7 Å². The summed E-state index contributed by atoms with van der Waals surface area (Å²) < 4.78 is 22.9. The maximum absolute atomic E-state index is 12.0. The van der Waals surface area contributed by atoms with Gasteiger partial charge in [-0.05, 0) is 19.8 Å². The van der Waals surface area contributed by atoms with E-state index in [1.807, 2.05) is 19.9 Å². The number of hydrogen-bond acceptors (Lipinski definition) is 3. The molecule has 0 radical (unpaired) electrons. The molecule has 18 heavy (non-hydrogen) atoms. The molecule has 1 atom stereocenters. The van der Waals surface area contributed by atoms with Gasteiger partial charge in [0.2, 0.25) is 5.91 Å². The van der Waals surface area contributed by atoms with Crippen molar-refractivity contribution in [3.8, 4) is 0 Å². The molecule has 0 unspecified atom stereocenters. The van der Waals surface area contributed by atoms with Crippen molar-refractivity contribution in [3.63, 3.8) is 0 Å². The van der Waals surface area contributed by atoms with E-state index in [1.165, 1.54) is 6.08 Å². The van der Waals surface area contributed by atoms with Gasteiger partial charge < -0.3 is 4.90 Å². The van der Waals surface area contributed by atoms with E-state index in [2.05, 4.69) is 0 Å². The smallest absolute Gasteiger partial charge is 0.246 e. The summed E-state index contributed by atoms with van der Waals surface area (Å²) in [6.45, 7) is 4.47. The highest BCUT2D eigenvalue weighted by Gasteiger charge is 2.33. The Morgan fingerprint density at radius 1 is 1.39 bits per heavy atom. The third-order valence-electron chi connectivity index (χ3n) is 2.94. The first-order valence-electron chi connectivity index (χ1n) is 6.30. The molecule has 0 aromatic rings. The summed E-state index contributed by atoms with van der Waals surface area (Å²) in [6, 6.07) is -0.155. The van der Waals surface area contributed by atoms with Crippen molar-refractivity contribution in [2.75, 3.05) is 18.1 Å². The number of carbonyl (C=O) groups is 1. The predicted octanol–water partition coefficient (Wildman–Crippen LogP) is 1.54. The number of allylic oxidation sites excluding steroid dienone is 3. The number of amides is 1. The number of rotatable bonds is 5. The van der Waals surface area contributed by atoms with Crippen molar-refractivity contribution < 1.29 is 13.2 Å². The minimum absolute atomic E-state index is 0.1000. The van der Waals surface area contributed by atoms with E-state index in [0.29, 0.717) is 13.0 Å². The quantitative estimate of drug-likeness (QED) is 0.563. The summed E-state index contributed by atoms with van der Waals surface area (Å²) in [7, 11) is -2.95. The van der Waals surface area contributed by atoms with Crippen molar-refractivity contribution in [1.82, 2.24) is 4.90 Å². The molecule has 1 amide bonds. The lowest BCUT2D eigenvalue weighted by atomic mass is 10.2. The standard InChI is InChI=1S/C13H21NO3S/c1-3-5-6-7-13(15)14(9-4-2)12-8-10-18(16,17)11-12/h3,5-7,12H,4,8-11H2,1-2H3/b5-3+,7-6+/t12-/m1/s1. The molecule has 4 nitrogen and oxygen atoms in total.